The van der Waals surface area contributed by atoms with Gasteiger partial charge in [-0.3, -0.25) is 0 Å². The highest BCUT2D eigenvalue weighted by Crippen LogP contribution is 2.34. The number of fused-ring (bicyclic) bond motifs is 1. The third-order valence-electron chi connectivity index (χ3n) is 2.91. The lowest BCUT2D eigenvalue weighted by Crippen LogP contribution is -2.70. The van der Waals surface area contributed by atoms with Gasteiger partial charge >= 0.3 is 0 Å². The van der Waals surface area contributed by atoms with E-state index in [0.29, 0.717) is 12.1 Å². The Morgan fingerprint density at radius 2 is 2.08 bits per heavy atom. The van der Waals surface area contributed by atoms with Crippen LogP contribution in [0.15, 0.2) is 24.3 Å². The molecule has 0 aliphatic carbocycles. The minimum Gasteiger partial charge on any atom is -0.399 e. The molecule has 0 aromatic heterocycles. The average Bonchev–Trinajstić information content (AvgIpc) is 2.12. The van der Waals surface area contributed by atoms with Gasteiger partial charge in [-0.1, -0.05) is 0 Å². The Labute approximate surface area is 77.1 Å². The first kappa shape index (κ1) is 7.21. The molecule has 2 heterocycles. The number of anilines is 2. The molecule has 2 fully saturated rings. The summed E-state index contributed by atoms with van der Waals surface area (Å²) in [5, 5.41) is 0. The summed E-state index contributed by atoms with van der Waals surface area (Å²) in [5.74, 6) is 0. The van der Waals surface area contributed by atoms with E-state index in [1.807, 2.05) is 12.1 Å². The van der Waals surface area contributed by atoms with Gasteiger partial charge in [0.2, 0.25) is 0 Å². The summed E-state index contributed by atoms with van der Waals surface area (Å²) in [5.41, 5.74) is 7.71. The molecule has 0 saturated carbocycles. The van der Waals surface area contributed by atoms with Crippen LogP contribution < -0.4 is 10.6 Å². The van der Waals surface area contributed by atoms with Crippen LogP contribution in [0.1, 0.15) is 0 Å². The largest absolute Gasteiger partial charge is 0.399 e. The number of nitrogen functional groups attached to an aromatic ring is 1. The second-order valence-electron chi connectivity index (χ2n) is 3.68. The van der Waals surface area contributed by atoms with Crippen molar-refractivity contribution in [2.24, 2.45) is 0 Å². The van der Waals surface area contributed by atoms with Crippen LogP contribution in [0.4, 0.5) is 11.4 Å². The van der Waals surface area contributed by atoms with Crippen molar-refractivity contribution in [3.63, 3.8) is 0 Å². The molecule has 3 heteroatoms. The van der Waals surface area contributed by atoms with E-state index in [1.54, 1.807) is 0 Å². The van der Waals surface area contributed by atoms with E-state index in [0.717, 1.165) is 18.8 Å². The van der Waals surface area contributed by atoms with Crippen molar-refractivity contribution in [1.29, 1.82) is 0 Å². The van der Waals surface area contributed by atoms with Gasteiger partial charge in [-0.15, -0.1) is 0 Å². The second-order valence-corrected chi connectivity index (χ2v) is 3.68. The van der Waals surface area contributed by atoms with E-state index < -0.39 is 0 Å². The summed E-state index contributed by atoms with van der Waals surface area (Å²) in [7, 11) is 0. The molecule has 0 radical (unpaired) electrons. The highest BCUT2D eigenvalue weighted by Gasteiger charge is 2.47. The summed E-state index contributed by atoms with van der Waals surface area (Å²) in [6.45, 7) is 1.92. The molecule has 1 unspecified atom stereocenters. The molecular weight excluding hydrogens is 164 g/mol. The van der Waals surface area contributed by atoms with E-state index in [4.69, 9.17) is 10.5 Å². The molecule has 2 N–H and O–H groups in total. The lowest BCUT2D eigenvalue weighted by molar-refractivity contribution is -0.113. The molecule has 1 aromatic rings. The quantitative estimate of drug-likeness (QED) is 0.645. The van der Waals surface area contributed by atoms with Gasteiger partial charge in [0.05, 0.1) is 18.8 Å². The number of nitrogens with two attached hydrogens (primary N) is 1. The fourth-order valence-electron chi connectivity index (χ4n) is 1.94. The Balaban J connectivity index is 1.81. The zero-order valence-corrected chi connectivity index (χ0v) is 7.31. The van der Waals surface area contributed by atoms with Gasteiger partial charge in [-0.25, -0.2) is 0 Å². The number of morpholine rings is 1. The number of rotatable bonds is 1. The molecule has 1 aromatic carbocycles. The minimum absolute atomic E-state index is 0.498. The van der Waals surface area contributed by atoms with Crippen molar-refractivity contribution in [3.8, 4) is 0 Å². The molecule has 2 aliphatic rings. The molecule has 3 nitrogen and oxygen atoms in total. The number of nitrogens with zero attached hydrogens (tertiary/aromatic N) is 1. The van der Waals surface area contributed by atoms with Gasteiger partial charge < -0.3 is 15.4 Å². The minimum atomic E-state index is 0.498. The molecule has 2 atom stereocenters. The fraction of sp³-hybridized carbons (Fsp3) is 0.400. The maximum atomic E-state index is 5.62. The van der Waals surface area contributed by atoms with Crippen molar-refractivity contribution in [1.82, 2.24) is 0 Å². The normalized spacial score (nSPS) is 30.3. The zero-order valence-electron chi connectivity index (χ0n) is 7.31. The lowest BCUT2D eigenvalue weighted by atomic mass is 9.94. The number of benzene rings is 1. The van der Waals surface area contributed by atoms with E-state index in [9.17, 15) is 0 Å². The van der Waals surface area contributed by atoms with Crippen molar-refractivity contribution >= 4 is 11.4 Å². The Hall–Kier alpha value is -1.22. The number of ether oxygens (including phenoxy) is 1. The Bertz CT molecular complexity index is 322. The predicted octanol–water partition coefficient (Wildman–Crippen LogP) is 0.856. The van der Waals surface area contributed by atoms with Crippen molar-refractivity contribution in [2.45, 2.75) is 12.1 Å². The third kappa shape index (κ3) is 0.937. The lowest BCUT2D eigenvalue weighted by Gasteiger charge is -2.56. The molecule has 2 aliphatic heterocycles. The van der Waals surface area contributed by atoms with E-state index in [1.165, 1.54) is 5.69 Å². The molecule has 68 valence electrons. The Kier molecular flexibility index (Phi) is 1.32. The highest BCUT2D eigenvalue weighted by atomic mass is 16.5. The standard InChI is InChI=1S/C10H12N2O/c11-7-1-3-8(4-2-7)12-5-10-9(12)6-13-10/h1-4,9-10H,5-6,11H2/t9-,10?/m1/s1. The molecule has 0 bridgehead atoms. The first-order valence-corrected chi connectivity index (χ1v) is 4.58. The maximum absolute atomic E-state index is 5.62. The third-order valence-corrected chi connectivity index (χ3v) is 2.91. The monoisotopic (exact) mass is 176 g/mol. The first-order chi connectivity index (χ1) is 6.34. The molecule has 3 rings (SSSR count). The SMILES string of the molecule is Nc1ccc(N2CC3OC[C@H]32)cc1. The summed E-state index contributed by atoms with van der Waals surface area (Å²) < 4.78 is 5.34. The van der Waals surface area contributed by atoms with Crippen LogP contribution in [0.25, 0.3) is 0 Å². The first-order valence-electron chi connectivity index (χ1n) is 4.58. The molecular formula is C10H12N2O. The van der Waals surface area contributed by atoms with Gasteiger partial charge in [-0.05, 0) is 24.3 Å². The smallest absolute Gasteiger partial charge is 0.0976 e. The van der Waals surface area contributed by atoms with Gasteiger partial charge in [0.15, 0.2) is 0 Å². The summed E-state index contributed by atoms with van der Waals surface area (Å²) in [6.07, 6.45) is 0.498. The average molecular weight is 176 g/mol. The van der Waals surface area contributed by atoms with E-state index in [-0.39, 0.29) is 0 Å². The Morgan fingerprint density at radius 1 is 1.31 bits per heavy atom. The van der Waals surface area contributed by atoms with Crippen LogP contribution in [0.2, 0.25) is 0 Å². The van der Waals surface area contributed by atoms with Crippen LogP contribution in [0, 0.1) is 0 Å². The molecule has 2 saturated heterocycles. The highest BCUT2D eigenvalue weighted by molar-refractivity contribution is 5.56. The van der Waals surface area contributed by atoms with Crippen LogP contribution in [0.3, 0.4) is 0 Å². The fourth-order valence-corrected chi connectivity index (χ4v) is 1.94. The van der Waals surface area contributed by atoms with Crippen LogP contribution in [-0.2, 0) is 4.74 Å². The van der Waals surface area contributed by atoms with Crippen LogP contribution >= 0.6 is 0 Å². The topological polar surface area (TPSA) is 38.5 Å². The molecule has 0 amide bonds. The Morgan fingerprint density at radius 3 is 2.54 bits per heavy atom. The van der Waals surface area contributed by atoms with Crippen LogP contribution in [-0.4, -0.2) is 25.3 Å². The zero-order chi connectivity index (χ0) is 8.84. The van der Waals surface area contributed by atoms with Crippen LogP contribution in [0.5, 0.6) is 0 Å². The number of hydrogen-bond donors (Lipinski definition) is 1. The summed E-state index contributed by atoms with van der Waals surface area (Å²) in [6, 6.07) is 8.67. The molecule has 0 spiro atoms. The van der Waals surface area contributed by atoms with Gasteiger partial charge in [0.1, 0.15) is 0 Å². The maximum Gasteiger partial charge on any atom is 0.0976 e. The van der Waals surface area contributed by atoms with Gasteiger partial charge in [0, 0.05) is 17.9 Å². The molecule has 13 heavy (non-hydrogen) atoms. The number of hydrogen-bond acceptors (Lipinski definition) is 3. The summed E-state index contributed by atoms with van der Waals surface area (Å²) >= 11 is 0. The van der Waals surface area contributed by atoms with Gasteiger partial charge in [0.25, 0.3) is 0 Å². The van der Waals surface area contributed by atoms with Gasteiger partial charge in [-0.2, -0.15) is 0 Å². The summed E-state index contributed by atoms with van der Waals surface area (Å²) in [4.78, 5) is 2.37. The second kappa shape index (κ2) is 2.39. The predicted molar refractivity (Wildman–Crippen MR) is 51.7 cm³/mol. The van der Waals surface area contributed by atoms with Crippen molar-refractivity contribution < 1.29 is 4.74 Å². The van der Waals surface area contributed by atoms with Crippen molar-refractivity contribution in [3.05, 3.63) is 24.3 Å². The van der Waals surface area contributed by atoms with E-state index >= 15 is 0 Å². The van der Waals surface area contributed by atoms with E-state index in [2.05, 4.69) is 17.0 Å². The van der Waals surface area contributed by atoms with Crippen molar-refractivity contribution in [2.75, 3.05) is 23.8 Å².